The Morgan fingerprint density at radius 2 is 1.86 bits per heavy atom. The molecule has 0 aliphatic heterocycles. The van der Waals surface area contributed by atoms with Gasteiger partial charge in [0, 0.05) is 45.2 Å². The number of rotatable bonds is 10. The maximum absolute atomic E-state index is 12.7. The van der Waals surface area contributed by atoms with Gasteiger partial charge in [-0.15, -0.1) is 11.6 Å². The van der Waals surface area contributed by atoms with E-state index in [-0.39, 0.29) is 11.8 Å². The fourth-order valence-corrected chi connectivity index (χ4v) is 2.98. The van der Waals surface area contributed by atoms with Gasteiger partial charge in [-0.05, 0) is 37.1 Å². The van der Waals surface area contributed by atoms with E-state index in [2.05, 4.69) is 10.6 Å². The van der Waals surface area contributed by atoms with E-state index in [0.717, 1.165) is 12.1 Å². The number of benzene rings is 2. The number of ether oxygens (including phenoxy) is 1. The van der Waals surface area contributed by atoms with Gasteiger partial charge in [-0.25, -0.2) is 0 Å². The molecule has 0 radical (unpaired) electrons. The lowest BCUT2D eigenvalue weighted by Crippen LogP contribution is -2.27. The average Bonchev–Trinajstić information content (AvgIpc) is 2.73. The molecule has 0 saturated carbocycles. The van der Waals surface area contributed by atoms with E-state index >= 15 is 0 Å². The van der Waals surface area contributed by atoms with E-state index in [1.807, 2.05) is 44.1 Å². The molecule has 0 saturated heterocycles. The van der Waals surface area contributed by atoms with Crippen molar-refractivity contribution in [2.45, 2.75) is 18.7 Å². The molecule has 7 heteroatoms. The Morgan fingerprint density at radius 3 is 2.52 bits per heavy atom. The Labute approximate surface area is 177 Å². The van der Waals surface area contributed by atoms with Gasteiger partial charge >= 0.3 is 0 Å². The van der Waals surface area contributed by atoms with E-state index in [9.17, 15) is 9.59 Å². The summed E-state index contributed by atoms with van der Waals surface area (Å²) in [5, 5.41) is 4.88. The zero-order chi connectivity index (χ0) is 21.2. The van der Waals surface area contributed by atoms with Gasteiger partial charge < -0.3 is 20.3 Å². The van der Waals surface area contributed by atoms with Crippen molar-refractivity contribution in [3.05, 3.63) is 59.7 Å². The normalized spacial score (nSPS) is 11.6. The van der Waals surface area contributed by atoms with Gasteiger partial charge in [-0.2, -0.15) is 0 Å². The molecule has 0 fully saturated rings. The van der Waals surface area contributed by atoms with Crippen molar-refractivity contribution in [3.63, 3.8) is 0 Å². The van der Waals surface area contributed by atoms with E-state index < -0.39 is 5.38 Å². The highest BCUT2D eigenvalue weighted by Crippen LogP contribution is 2.26. The Hall–Kier alpha value is -2.57. The summed E-state index contributed by atoms with van der Waals surface area (Å²) in [6.45, 7) is 3.71. The minimum absolute atomic E-state index is 0.202. The van der Waals surface area contributed by atoms with Crippen LogP contribution in [0.2, 0.25) is 0 Å². The molecule has 2 aromatic rings. The second-order valence-electron chi connectivity index (χ2n) is 6.70. The summed E-state index contributed by atoms with van der Waals surface area (Å²) in [6.07, 6.45) is 0.734. The van der Waals surface area contributed by atoms with Crippen LogP contribution in [0.25, 0.3) is 0 Å². The number of carbonyl (C=O) groups is 2. The molecular weight excluding hydrogens is 390 g/mol. The minimum atomic E-state index is -0.819. The van der Waals surface area contributed by atoms with Crippen LogP contribution in [0.3, 0.4) is 0 Å². The zero-order valence-electron chi connectivity index (χ0n) is 17.1. The van der Waals surface area contributed by atoms with Crippen molar-refractivity contribution < 1.29 is 14.3 Å². The Kier molecular flexibility index (Phi) is 8.96. The van der Waals surface area contributed by atoms with E-state index in [4.69, 9.17) is 16.3 Å². The minimum Gasteiger partial charge on any atom is -0.382 e. The van der Waals surface area contributed by atoms with E-state index in [1.165, 1.54) is 0 Å². The second kappa shape index (κ2) is 11.4. The smallest absolute Gasteiger partial charge is 0.253 e. The number of nitrogens with zero attached hydrogens (tertiary/aromatic N) is 1. The summed E-state index contributed by atoms with van der Waals surface area (Å²) in [6, 6.07) is 14.4. The van der Waals surface area contributed by atoms with E-state index in [0.29, 0.717) is 36.6 Å². The third kappa shape index (κ3) is 6.76. The first-order valence-electron chi connectivity index (χ1n) is 9.61. The van der Waals surface area contributed by atoms with Gasteiger partial charge in [0.25, 0.3) is 5.91 Å². The molecule has 6 nitrogen and oxygen atoms in total. The maximum atomic E-state index is 12.7. The monoisotopic (exact) mass is 417 g/mol. The van der Waals surface area contributed by atoms with Gasteiger partial charge in [-0.1, -0.05) is 30.3 Å². The lowest BCUT2D eigenvalue weighted by molar-refractivity contribution is -0.116. The highest BCUT2D eigenvalue weighted by atomic mass is 35.5. The molecule has 0 aliphatic carbocycles. The molecule has 0 aromatic heterocycles. The Bertz CT molecular complexity index is 812. The molecule has 0 heterocycles. The number of nitrogens with one attached hydrogen (secondary N) is 2. The molecule has 2 aromatic carbocycles. The summed E-state index contributed by atoms with van der Waals surface area (Å²) < 4.78 is 5.29. The summed E-state index contributed by atoms with van der Waals surface area (Å²) in [5.41, 5.74) is 2.47. The number of hydrogen-bond donors (Lipinski definition) is 2. The summed E-state index contributed by atoms with van der Waals surface area (Å²) in [7, 11) is 3.73. The number of halogens is 1. The van der Waals surface area contributed by atoms with Crippen molar-refractivity contribution in [3.8, 4) is 0 Å². The SMILES string of the molecule is CCOCCCNC(=O)c1cc(NC(=O)C(Cl)c2ccccc2)ccc1N(C)C. The third-order valence-corrected chi connectivity index (χ3v) is 4.72. The number of amides is 2. The van der Waals surface area contributed by atoms with Gasteiger partial charge in [0.05, 0.1) is 5.56 Å². The van der Waals surface area contributed by atoms with Crippen LogP contribution in [0.1, 0.15) is 34.6 Å². The van der Waals surface area contributed by atoms with Gasteiger partial charge in [0.1, 0.15) is 5.38 Å². The molecule has 0 bridgehead atoms. The van der Waals surface area contributed by atoms with Gasteiger partial charge in [0.15, 0.2) is 0 Å². The summed E-state index contributed by atoms with van der Waals surface area (Å²) in [4.78, 5) is 27.1. The molecule has 1 unspecified atom stereocenters. The molecule has 0 aliphatic rings. The van der Waals surface area contributed by atoms with Crippen molar-refractivity contribution in [2.75, 3.05) is 44.1 Å². The van der Waals surface area contributed by atoms with Crippen LogP contribution in [-0.4, -0.2) is 45.7 Å². The van der Waals surface area contributed by atoms with Crippen molar-refractivity contribution >= 4 is 34.8 Å². The molecular formula is C22H28ClN3O3. The number of anilines is 2. The lowest BCUT2D eigenvalue weighted by atomic mass is 10.1. The Morgan fingerprint density at radius 1 is 1.14 bits per heavy atom. The van der Waals surface area contributed by atoms with Crippen LogP contribution >= 0.6 is 11.6 Å². The first-order chi connectivity index (χ1) is 13.9. The van der Waals surface area contributed by atoms with Crippen LogP contribution in [0.4, 0.5) is 11.4 Å². The zero-order valence-corrected chi connectivity index (χ0v) is 17.8. The highest BCUT2D eigenvalue weighted by Gasteiger charge is 2.19. The summed E-state index contributed by atoms with van der Waals surface area (Å²) >= 11 is 6.29. The van der Waals surface area contributed by atoms with Crippen LogP contribution in [0, 0.1) is 0 Å². The summed E-state index contributed by atoms with van der Waals surface area (Å²) in [5.74, 6) is -0.551. The quantitative estimate of drug-likeness (QED) is 0.455. The first-order valence-corrected chi connectivity index (χ1v) is 10.0. The largest absolute Gasteiger partial charge is 0.382 e. The molecule has 2 rings (SSSR count). The molecule has 1 atom stereocenters. The second-order valence-corrected chi connectivity index (χ2v) is 7.13. The Balaban J connectivity index is 2.10. The topological polar surface area (TPSA) is 70.7 Å². The fourth-order valence-electron chi connectivity index (χ4n) is 2.78. The molecule has 2 N–H and O–H groups in total. The fraction of sp³-hybridized carbons (Fsp3) is 0.364. The predicted molar refractivity (Wildman–Crippen MR) is 118 cm³/mol. The maximum Gasteiger partial charge on any atom is 0.253 e. The molecule has 2 amide bonds. The predicted octanol–water partition coefficient (Wildman–Crippen LogP) is 3.83. The van der Waals surface area contributed by atoms with Crippen molar-refractivity contribution in [2.24, 2.45) is 0 Å². The highest BCUT2D eigenvalue weighted by molar-refractivity contribution is 6.32. The van der Waals surface area contributed by atoms with Crippen molar-refractivity contribution in [1.29, 1.82) is 0 Å². The number of hydrogen-bond acceptors (Lipinski definition) is 4. The number of alkyl halides is 1. The van der Waals surface area contributed by atoms with Crippen LogP contribution in [-0.2, 0) is 9.53 Å². The van der Waals surface area contributed by atoms with E-state index in [1.54, 1.807) is 30.3 Å². The van der Waals surface area contributed by atoms with Crippen molar-refractivity contribution in [1.82, 2.24) is 5.32 Å². The molecule has 29 heavy (non-hydrogen) atoms. The van der Waals surface area contributed by atoms with Gasteiger partial charge in [0.2, 0.25) is 5.91 Å². The average molecular weight is 418 g/mol. The first kappa shape index (κ1) is 22.7. The lowest BCUT2D eigenvalue weighted by Gasteiger charge is -2.19. The number of carbonyl (C=O) groups excluding carboxylic acids is 2. The third-order valence-electron chi connectivity index (χ3n) is 4.27. The standard InChI is InChI=1S/C22H28ClN3O3/c1-4-29-14-8-13-24-21(27)18-15-17(11-12-19(18)26(2)3)25-22(28)20(23)16-9-6-5-7-10-16/h5-7,9-12,15,20H,4,8,13-14H2,1-3H3,(H,24,27)(H,25,28). The van der Waals surface area contributed by atoms with Crippen LogP contribution in [0.5, 0.6) is 0 Å². The van der Waals surface area contributed by atoms with Gasteiger partial charge in [-0.3, -0.25) is 9.59 Å². The van der Waals surface area contributed by atoms with Crippen LogP contribution in [0.15, 0.2) is 48.5 Å². The molecule has 0 spiro atoms. The van der Waals surface area contributed by atoms with Crippen LogP contribution < -0.4 is 15.5 Å². The molecule has 156 valence electrons.